The van der Waals surface area contributed by atoms with E-state index < -0.39 is 10.0 Å². The first kappa shape index (κ1) is 24.9. The molecule has 1 amide bonds. The number of amides is 1. The van der Waals surface area contributed by atoms with Gasteiger partial charge in [-0.15, -0.1) is 0 Å². The van der Waals surface area contributed by atoms with Gasteiger partial charge in [0.15, 0.2) is 0 Å². The van der Waals surface area contributed by atoms with Crippen LogP contribution in [0.3, 0.4) is 0 Å². The van der Waals surface area contributed by atoms with Crippen molar-refractivity contribution in [2.45, 2.75) is 51.5 Å². The molecule has 1 aromatic heterocycles. The van der Waals surface area contributed by atoms with Gasteiger partial charge in [-0.1, -0.05) is 30.7 Å². The van der Waals surface area contributed by atoms with E-state index in [0.717, 1.165) is 24.8 Å². The van der Waals surface area contributed by atoms with E-state index in [1.165, 1.54) is 0 Å². The molecule has 4 rings (SSSR count). The van der Waals surface area contributed by atoms with Crippen LogP contribution in [0.1, 0.15) is 53.5 Å². The predicted molar refractivity (Wildman–Crippen MR) is 135 cm³/mol. The van der Waals surface area contributed by atoms with Gasteiger partial charge in [-0.3, -0.25) is 9.48 Å². The van der Waals surface area contributed by atoms with E-state index in [1.54, 1.807) is 41.0 Å². The highest BCUT2D eigenvalue weighted by Gasteiger charge is 2.31. The van der Waals surface area contributed by atoms with Crippen molar-refractivity contribution in [1.82, 2.24) is 14.1 Å². The summed E-state index contributed by atoms with van der Waals surface area (Å²) in [6.07, 6.45) is 2.85. The van der Waals surface area contributed by atoms with Gasteiger partial charge in [0, 0.05) is 18.7 Å². The molecule has 2 heterocycles. The fourth-order valence-corrected chi connectivity index (χ4v) is 6.31. The van der Waals surface area contributed by atoms with Crippen molar-refractivity contribution in [3.8, 4) is 5.75 Å². The number of carbonyl (C=O) groups is 1. The van der Waals surface area contributed by atoms with Crippen LogP contribution in [0.15, 0.2) is 53.4 Å². The number of para-hydroxylation sites is 2. The van der Waals surface area contributed by atoms with E-state index in [9.17, 15) is 13.2 Å². The Hall–Kier alpha value is -3.17. The summed E-state index contributed by atoms with van der Waals surface area (Å²) in [7, 11) is -3.56. The maximum Gasteiger partial charge on any atom is 0.255 e. The molecule has 3 aromatic rings. The Bertz CT molecular complexity index is 1290. The van der Waals surface area contributed by atoms with Crippen molar-refractivity contribution in [2.24, 2.45) is 0 Å². The minimum Gasteiger partial charge on any atom is -0.492 e. The van der Waals surface area contributed by atoms with Gasteiger partial charge >= 0.3 is 0 Å². The van der Waals surface area contributed by atoms with Crippen LogP contribution < -0.4 is 10.1 Å². The Labute approximate surface area is 207 Å². The highest BCUT2D eigenvalue weighted by Crippen LogP contribution is 2.27. The van der Waals surface area contributed by atoms with Crippen LogP contribution in [0.2, 0.25) is 0 Å². The second-order valence-corrected chi connectivity index (χ2v) is 10.6. The Balaban J connectivity index is 1.48. The highest BCUT2D eigenvalue weighted by molar-refractivity contribution is 7.89. The number of aromatic nitrogens is 2. The molecule has 35 heavy (non-hydrogen) atoms. The van der Waals surface area contributed by atoms with E-state index in [0.29, 0.717) is 59.5 Å². The topological polar surface area (TPSA) is 93.5 Å². The third-order valence-corrected chi connectivity index (χ3v) is 8.36. The number of sulfonamides is 1. The van der Waals surface area contributed by atoms with Crippen LogP contribution in [0.25, 0.3) is 0 Å². The summed E-state index contributed by atoms with van der Waals surface area (Å²) in [6.45, 7) is 7.48. The molecule has 0 bridgehead atoms. The van der Waals surface area contributed by atoms with Gasteiger partial charge in [-0.2, -0.15) is 9.40 Å². The number of anilines is 1. The minimum atomic E-state index is -3.56. The van der Waals surface area contributed by atoms with Crippen molar-refractivity contribution in [3.05, 3.63) is 71.0 Å². The second kappa shape index (κ2) is 10.6. The number of carbonyl (C=O) groups excluding carboxylic acids is 1. The van der Waals surface area contributed by atoms with E-state index in [2.05, 4.69) is 10.4 Å². The normalized spacial score (nSPS) is 14.6. The van der Waals surface area contributed by atoms with Gasteiger partial charge in [0.2, 0.25) is 10.0 Å². The number of hydrogen-bond acceptors (Lipinski definition) is 5. The number of nitrogens with zero attached hydrogens (tertiary/aromatic N) is 3. The van der Waals surface area contributed by atoms with Crippen LogP contribution in [0.4, 0.5) is 5.69 Å². The quantitative estimate of drug-likeness (QED) is 0.500. The minimum absolute atomic E-state index is 0.232. The number of hydrogen-bond donors (Lipinski definition) is 1. The van der Waals surface area contributed by atoms with E-state index >= 15 is 0 Å². The summed E-state index contributed by atoms with van der Waals surface area (Å²) in [6, 6.07) is 14.5. The Morgan fingerprint density at radius 3 is 2.40 bits per heavy atom. The number of ether oxygens (including phenoxy) is 1. The molecule has 1 saturated heterocycles. The lowest BCUT2D eigenvalue weighted by Crippen LogP contribution is -2.36. The third-order valence-electron chi connectivity index (χ3n) is 6.21. The first-order valence-electron chi connectivity index (χ1n) is 12.0. The van der Waals surface area contributed by atoms with E-state index in [-0.39, 0.29) is 5.91 Å². The van der Waals surface area contributed by atoms with Crippen molar-refractivity contribution < 1.29 is 17.9 Å². The van der Waals surface area contributed by atoms with Crippen LogP contribution in [0, 0.1) is 13.8 Å². The van der Waals surface area contributed by atoms with Gasteiger partial charge in [-0.25, -0.2) is 8.42 Å². The average molecular weight is 497 g/mol. The molecule has 9 heteroatoms. The number of piperidine rings is 1. The zero-order valence-corrected chi connectivity index (χ0v) is 21.3. The number of aryl methyl sites for hydroxylation is 1. The second-order valence-electron chi connectivity index (χ2n) is 8.70. The molecule has 0 spiro atoms. The lowest BCUT2D eigenvalue weighted by atomic mass is 10.1. The highest BCUT2D eigenvalue weighted by atomic mass is 32.2. The predicted octanol–water partition coefficient (Wildman–Crippen LogP) is 4.37. The molecular formula is C26H32N4O4S. The molecule has 8 nitrogen and oxygen atoms in total. The smallest absolute Gasteiger partial charge is 0.255 e. The van der Waals surface area contributed by atoms with Gasteiger partial charge in [0.05, 0.1) is 30.2 Å². The average Bonchev–Trinajstić information content (AvgIpc) is 3.14. The molecule has 0 aliphatic carbocycles. The Kier molecular flexibility index (Phi) is 7.57. The van der Waals surface area contributed by atoms with Crippen molar-refractivity contribution >= 4 is 21.6 Å². The van der Waals surface area contributed by atoms with Crippen molar-refractivity contribution in [2.75, 3.05) is 25.0 Å². The zero-order valence-electron chi connectivity index (χ0n) is 20.5. The molecule has 1 N–H and O–H groups in total. The summed E-state index contributed by atoms with van der Waals surface area (Å²) >= 11 is 0. The van der Waals surface area contributed by atoms with Crippen molar-refractivity contribution in [3.63, 3.8) is 0 Å². The Morgan fingerprint density at radius 2 is 1.71 bits per heavy atom. The lowest BCUT2D eigenvalue weighted by Gasteiger charge is -2.26. The van der Waals surface area contributed by atoms with Crippen LogP contribution in [0.5, 0.6) is 5.75 Å². The maximum absolute atomic E-state index is 13.2. The molecule has 0 unspecified atom stereocenters. The fourth-order valence-electron chi connectivity index (χ4n) is 4.42. The lowest BCUT2D eigenvalue weighted by molar-refractivity contribution is 0.102. The number of nitrogens with one attached hydrogen (secondary N) is 1. The molecule has 1 aliphatic heterocycles. The standard InChI is InChI=1S/C26H32N4O4S/c1-4-34-24-11-7-6-10-23(24)27-26(31)22-14-12-21(13-15-22)18-30-20(3)25(19(2)28-30)35(32,33)29-16-8-5-9-17-29/h6-7,10-15H,4-5,8-9,16-18H2,1-3H3,(H,27,31). The molecule has 1 fully saturated rings. The number of benzene rings is 2. The summed E-state index contributed by atoms with van der Waals surface area (Å²) in [5.74, 6) is 0.393. The fraction of sp³-hybridized carbons (Fsp3) is 0.385. The first-order valence-corrected chi connectivity index (χ1v) is 13.4. The molecule has 0 atom stereocenters. The first-order chi connectivity index (χ1) is 16.8. The molecule has 1 aliphatic rings. The van der Waals surface area contributed by atoms with Gasteiger partial charge in [-0.05, 0) is 63.4 Å². The van der Waals surface area contributed by atoms with Gasteiger partial charge in [0.25, 0.3) is 5.91 Å². The molecular weight excluding hydrogens is 464 g/mol. The van der Waals surface area contributed by atoms with Gasteiger partial charge < -0.3 is 10.1 Å². The number of rotatable bonds is 8. The summed E-state index contributed by atoms with van der Waals surface area (Å²) in [5, 5.41) is 7.42. The SMILES string of the molecule is CCOc1ccccc1NC(=O)c1ccc(Cn2nc(C)c(S(=O)(=O)N3CCCCC3)c2C)cc1. The summed E-state index contributed by atoms with van der Waals surface area (Å²) in [4.78, 5) is 13.1. The van der Waals surface area contributed by atoms with Crippen LogP contribution in [-0.2, 0) is 16.6 Å². The molecule has 0 radical (unpaired) electrons. The monoisotopic (exact) mass is 496 g/mol. The summed E-state index contributed by atoms with van der Waals surface area (Å²) in [5.41, 5.74) is 3.19. The van der Waals surface area contributed by atoms with Crippen molar-refractivity contribution in [1.29, 1.82) is 0 Å². The zero-order chi connectivity index (χ0) is 25.0. The van der Waals surface area contributed by atoms with E-state index in [4.69, 9.17) is 4.74 Å². The van der Waals surface area contributed by atoms with E-state index in [1.807, 2.05) is 37.3 Å². The van der Waals surface area contributed by atoms with Crippen LogP contribution >= 0.6 is 0 Å². The summed E-state index contributed by atoms with van der Waals surface area (Å²) < 4.78 is 35.4. The van der Waals surface area contributed by atoms with Gasteiger partial charge in [0.1, 0.15) is 10.6 Å². The van der Waals surface area contributed by atoms with Crippen LogP contribution in [-0.4, -0.2) is 48.1 Å². The maximum atomic E-state index is 13.2. The molecule has 2 aromatic carbocycles. The molecule has 186 valence electrons. The third kappa shape index (κ3) is 5.41. The largest absolute Gasteiger partial charge is 0.492 e. The Morgan fingerprint density at radius 1 is 1.03 bits per heavy atom. The molecule has 0 saturated carbocycles.